The first-order chi connectivity index (χ1) is 7.50. The Morgan fingerprint density at radius 2 is 2.25 bits per heavy atom. The van der Waals surface area contributed by atoms with Gasteiger partial charge in [-0.3, -0.25) is 4.79 Å². The van der Waals surface area contributed by atoms with E-state index in [1.165, 1.54) is 6.92 Å². The summed E-state index contributed by atoms with van der Waals surface area (Å²) in [5, 5.41) is 20.2. The molecule has 0 aromatic rings. The minimum atomic E-state index is -1.26. The van der Waals surface area contributed by atoms with Gasteiger partial charge in [-0.15, -0.1) is 0 Å². The zero-order chi connectivity index (χ0) is 12.1. The topological polar surface area (TPSA) is 95.9 Å². The molecule has 1 heterocycles. The Labute approximate surface area is 93.6 Å². The van der Waals surface area contributed by atoms with Gasteiger partial charge in [0.05, 0.1) is 18.6 Å². The maximum atomic E-state index is 11.5. The monoisotopic (exact) mass is 231 g/mol. The van der Waals surface area contributed by atoms with E-state index in [1.54, 1.807) is 0 Å². The molecule has 16 heavy (non-hydrogen) atoms. The van der Waals surface area contributed by atoms with E-state index in [0.29, 0.717) is 6.61 Å². The minimum Gasteiger partial charge on any atom is -0.480 e. The first-order valence-corrected chi connectivity index (χ1v) is 5.32. The number of carbonyl (C=O) groups excluding carboxylic acids is 1. The number of hydrogen-bond acceptors (Lipinski definition) is 4. The van der Waals surface area contributed by atoms with Crippen LogP contribution in [0, 0.1) is 0 Å². The maximum Gasteiger partial charge on any atom is 0.328 e. The van der Waals surface area contributed by atoms with Crippen LogP contribution in [-0.2, 0) is 14.3 Å². The highest BCUT2D eigenvalue weighted by Crippen LogP contribution is 2.15. The number of rotatable bonds is 5. The van der Waals surface area contributed by atoms with Crippen LogP contribution in [0.5, 0.6) is 0 Å². The normalized spacial score (nSPS) is 23.8. The van der Waals surface area contributed by atoms with E-state index in [0.717, 1.165) is 12.8 Å². The summed E-state index contributed by atoms with van der Waals surface area (Å²) in [7, 11) is 0. The lowest BCUT2D eigenvalue weighted by atomic mass is 10.1. The zero-order valence-electron chi connectivity index (χ0n) is 9.18. The molecule has 0 aliphatic carbocycles. The summed E-state index contributed by atoms with van der Waals surface area (Å²) >= 11 is 0. The van der Waals surface area contributed by atoms with Gasteiger partial charge in [-0.2, -0.15) is 0 Å². The predicted octanol–water partition coefficient (Wildman–Crippen LogP) is -0.494. The Morgan fingerprint density at radius 3 is 2.69 bits per heavy atom. The molecule has 6 heteroatoms. The average molecular weight is 231 g/mol. The number of ether oxygens (including phenoxy) is 1. The fourth-order valence-corrected chi connectivity index (χ4v) is 1.63. The van der Waals surface area contributed by atoms with Crippen LogP contribution in [0.3, 0.4) is 0 Å². The molecule has 3 N–H and O–H groups in total. The smallest absolute Gasteiger partial charge is 0.328 e. The van der Waals surface area contributed by atoms with Crippen molar-refractivity contribution in [2.24, 2.45) is 0 Å². The molecule has 0 aromatic carbocycles. The van der Waals surface area contributed by atoms with Gasteiger partial charge in [0.25, 0.3) is 0 Å². The Kier molecular flexibility index (Phi) is 4.70. The van der Waals surface area contributed by atoms with Crippen molar-refractivity contribution in [3.8, 4) is 0 Å². The van der Waals surface area contributed by atoms with Gasteiger partial charge in [-0.1, -0.05) is 0 Å². The summed E-state index contributed by atoms with van der Waals surface area (Å²) in [5.41, 5.74) is 0. The highest BCUT2D eigenvalue weighted by atomic mass is 16.5. The minimum absolute atomic E-state index is 0.122. The van der Waals surface area contributed by atoms with Crippen LogP contribution in [0.25, 0.3) is 0 Å². The van der Waals surface area contributed by atoms with Crippen LogP contribution in [0.4, 0.5) is 0 Å². The van der Waals surface area contributed by atoms with Crippen LogP contribution in [-0.4, -0.2) is 46.9 Å². The van der Waals surface area contributed by atoms with E-state index in [4.69, 9.17) is 14.9 Å². The summed E-state index contributed by atoms with van der Waals surface area (Å²) < 4.78 is 5.26. The van der Waals surface area contributed by atoms with Crippen LogP contribution >= 0.6 is 0 Å². The number of carboxylic acids is 1. The van der Waals surface area contributed by atoms with Crippen molar-refractivity contribution in [2.75, 3.05) is 6.61 Å². The Bertz CT molecular complexity index is 260. The van der Waals surface area contributed by atoms with Gasteiger partial charge in [-0.25, -0.2) is 4.79 Å². The van der Waals surface area contributed by atoms with Gasteiger partial charge in [0.1, 0.15) is 0 Å². The molecule has 1 rings (SSSR count). The summed E-state index contributed by atoms with van der Waals surface area (Å²) in [5.74, 6) is -1.64. The largest absolute Gasteiger partial charge is 0.480 e. The highest BCUT2D eigenvalue weighted by Gasteiger charge is 2.27. The van der Waals surface area contributed by atoms with E-state index in [1.807, 2.05) is 0 Å². The quantitative estimate of drug-likeness (QED) is 0.593. The molecule has 0 bridgehead atoms. The lowest BCUT2D eigenvalue weighted by molar-refractivity contribution is -0.145. The third kappa shape index (κ3) is 3.79. The van der Waals surface area contributed by atoms with Crippen molar-refractivity contribution in [2.45, 2.75) is 44.4 Å². The lowest BCUT2D eigenvalue weighted by Crippen LogP contribution is -2.48. The van der Waals surface area contributed by atoms with Crippen LogP contribution in [0.1, 0.15) is 26.2 Å². The van der Waals surface area contributed by atoms with E-state index < -0.39 is 24.0 Å². The number of aliphatic hydroxyl groups excluding tert-OH is 1. The molecule has 0 spiro atoms. The van der Waals surface area contributed by atoms with E-state index in [2.05, 4.69) is 5.32 Å². The summed E-state index contributed by atoms with van der Waals surface area (Å²) in [6.45, 7) is 1.97. The fraction of sp³-hybridized carbons (Fsp3) is 0.800. The molecule has 1 fully saturated rings. The van der Waals surface area contributed by atoms with Gasteiger partial charge in [0.2, 0.25) is 5.91 Å². The third-order valence-corrected chi connectivity index (χ3v) is 2.50. The summed E-state index contributed by atoms with van der Waals surface area (Å²) in [4.78, 5) is 22.2. The maximum absolute atomic E-state index is 11.5. The number of carboxylic acid groups (broad SMARTS) is 1. The number of aliphatic carboxylic acids is 1. The molecule has 1 saturated heterocycles. The molecule has 0 saturated carbocycles. The molecule has 0 radical (unpaired) electrons. The van der Waals surface area contributed by atoms with Crippen molar-refractivity contribution in [1.82, 2.24) is 5.32 Å². The second-order valence-corrected chi connectivity index (χ2v) is 3.96. The Morgan fingerprint density at radius 1 is 1.56 bits per heavy atom. The SMILES string of the molecule is CC(O)C(NC(=O)CC1CCCO1)C(=O)O. The third-order valence-electron chi connectivity index (χ3n) is 2.50. The highest BCUT2D eigenvalue weighted by molar-refractivity contribution is 5.84. The summed E-state index contributed by atoms with van der Waals surface area (Å²) in [6.07, 6.45) is 0.655. The summed E-state index contributed by atoms with van der Waals surface area (Å²) in [6, 6.07) is -1.26. The molecule has 3 atom stereocenters. The Balaban J connectivity index is 2.38. The molecule has 92 valence electrons. The first kappa shape index (κ1) is 12.9. The van der Waals surface area contributed by atoms with Crippen molar-refractivity contribution < 1.29 is 24.5 Å². The molecular formula is C10H17NO5. The fourth-order valence-electron chi connectivity index (χ4n) is 1.63. The van der Waals surface area contributed by atoms with Gasteiger partial charge in [-0.05, 0) is 19.8 Å². The second kappa shape index (κ2) is 5.81. The van der Waals surface area contributed by atoms with Gasteiger partial charge in [0.15, 0.2) is 6.04 Å². The number of carbonyl (C=O) groups is 2. The van der Waals surface area contributed by atoms with Crippen LogP contribution < -0.4 is 5.32 Å². The van der Waals surface area contributed by atoms with Gasteiger partial charge < -0.3 is 20.3 Å². The standard InChI is InChI=1S/C10H17NO5/c1-6(12)9(10(14)15)11-8(13)5-7-3-2-4-16-7/h6-7,9,12H,2-5H2,1H3,(H,11,13)(H,14,15). The van der Waals surface area contributed by atoms with E-state index >= 15 is 0 Å². The van der Waals surface area contributed by atoms with Gasteiger partial charge >= 0.3 is 5.97 Å². The first-order valence-electron chi connectivity index (χ1n) is 5.32. The van der Waals surface area contributed by atoms with Crippen molar-refractivity contribution in [3.05, 3.63) is 0 Å². The average Bonchev–Trinajstić information content (AvgIpc) is 2.65. The van der Waals surface area contributed by atoms with E-state index in [9.17, 15) is 9.59 Å². The lowest BCUT2D eigenvalue weighted by Gasteiger charge is -2.18. The van der Waals surface area contributed by atoms with Crippen LogP contribution in [0.15, 0.2) is 0 Å². The predicted molar refractivity (Wildman–Crippen MR) is 54.8 cm³/mol. The second-order valence-electron chi connectivity index (χ2n) is 3.96. The molecule has 0 aromatic heterocycles. The number of hydrogen-bond donors (Lipinski definition) is 3. The molecule has 3 unspecified atom stereocenters. The van der Waals surface area contributed by atoms with Gasteiger partial charge in [0, 0.05) is 6.61 Å². The molecular weight excluding hydrogens is 214 g/mol. The van der Waals surface area contributed by atoms with Crippen molar-refractivity contribution in [1.29, 1.82) is 0 Å². The van der Waals surface area contributed by atoms with E-state index in [-0.39, 0.29) is 12.5 Å². The number of nitrogens with one attached hydrogen (secondary N) is 1. The van der Waals surface area contributed by atoms with Crippen molar-refractivity contribution >= 4 is 11.9 Å². The molecule has 1 aliphatic heterocycles. The molecule has 6 nitrogen and oxygen atoms in total. The van der Waals surface area contributed by atoms with Crippen LogP contribution in [0.2, 0.25) is 0 Å². The Hall–Kier alpha value is -1.14. The number of aliphatic hydroxyl groups is 1. The van der Waals surface area contributed by atoms with Crippen molar-refractivity contribution in [3.63, 3.8) is 0 Å². The molecule has 1 aliphatic rings. The molecule has 1 amide bonds. The number of amides is 1. The zero-order valence-corrected chi connectivity index (χ0v) is 9.18.